The van der Waals surface area contributed by atoms with Crippen molar-refractivity contribution in [2.75, 3.05) is 11.1 Å². The van der Waals surface area contributed by atoms with E-state index in [0.29, 0.717) is 21.9 Å². The molecule has 0 saturated heterocycles. The third kappa shape index (κ3) is 3.65. The molecule has 0 fully saturated rings. The summed E-state index contributed by atoms with van der Waals surface area (Å²) in [7, 11) is 0. The lowest BCUT2D eigenvalue weighted by Crippen LogP contribution is -2.23. The number of hydrogen-bond acceptors (Lipinski definition) is 4. The number of aromatic nitrogens is 3. The first-order valence-corrected chi connectivity index (χ1v) is 10.9. The highest BCUT2D eigenvalue weighted by Gasteiger charge is 2.18. The Hall–Kier alpha value is -3.91. The molecular formula is C24H17FN4O2S. The van der Waals surface area contributed by atoms with E-state index >= 15 is 0 Å². The average molecular weight is 444 g/mol. The van der Waals surface area contributed by atoms with Crippen molar-refractivity contribution < 1.29 is 9.18 Å². The van der Waals surface area contributed by atoms with Gasteiger partial charge in [0.25, 0.3) is 5.56 Å². The van der Waals surface area contributed by atoms with Gasteiger partial charge in [0.1, 0.15) is 16.9 Å². The summed E-state index contributed by atoms with van der Waals surface area (Å²) in [6.07, 6.45) is 0. The van der Waals surface area contributed by atoms with Gasteiger partial charge in [0.05, 0.1) is 17.1 Å². The number of halogens is 1. The molecule has 0 saturated carbocycles. The normalized spacial score (nSPS) is 11.2. The number of aromatic amines is 1. The third-order valence-electron chi connectivity index (χ3n) is 4.99. The van der Waals surface area contributed by atoms with E-state index < -0.39 is 11.7 Å². The maximum atomic E-state index is 13.9. The number of hydrogen-bond donors (Lipinski definition) is 2. The molecule has 0 spiro atoms. The average Bonchev–Trinajstić information content (AvgIpc) is 3.19. The number of carbonyl (C=O) groups is 1. The van der Waals surface area contributed by atoms with Gasteiger partial charge in [0.2, 0.25) is 5.91 Å². The van der Waals surface area contributed by atoms with Crippen LogP contribution in [0, 0.1) is 5.82 Å². The SMILES string of the molecule is O=C(CSc1nc2c([nH]c3ccccc32)c(=O)n1-c1ccccc1)Nc1ccccc1F. The molecule has 8 heteroatoms. The Kier molecular flexibility index (Phi) is 5.20. The summed E-state index contributed by atoms with van der Waals surface area (Å²) in [5.41, 5.74) is 2.26. The first-order valence-electron chi connectivity index (χ1n) is 9.88. The van der Waals surface area contributed by atoms with Gasteiger partial charge in [-0.15, -0.1) is 0 Å². The summed E-state index contributed by atoms with van der Waals surface area (Å²) in [4.78, 5) is 33.8. The number of nitrogens with zero attached hydrogens (tertiary/aromatic N) is 2. The first kappa shape index (κ1) is 20.0. The van der Waals surface area contributed by atoms with Crippen LogP contribution in [-0.4, -0.2) is 26.2 Å². The number of anilines is 1. The molecule has 0 aliphatic rings. The van der Waals surface area contributed by atoms with Crippen LogP contribution >= 0.6 is 11.8 Å². The van der Waals surface area contributed by atoms with Crippen molar-refractivity contribution in [3.63, 3.8) is 0 Å². The number of nitrogens with one attached hydrogen (secondary N) is 2. The maximum absolute atomic E-state index is 13.9. The van der Waals surface area contributed by atoms with Crippen LogP contribution in [0.25, 0.3) is 27.6 Å². The van der Waals surface area contributed by atoms with Gasteiger partial charge < -0.3 is 10.3 Å². The fourth-order valence-electron chi connectivity index (χ4n) is 3.52. The van der Waals surface area contributed by atoms with E-state index in [1.807, 2.05) is 42.5 Å². The van der Waals surface area contributed by atoms with Crippen LogP contribution in [0.1, 0.15) is 0 Å². The Morgan fingerprint density at radius 3 is 2.53 bits per heavy atom. The second-order valence-corrected chi connectivity index (χ2v) is 8.02. The van der Waals surface area contributed by atoms with Crippen molar-refractivity contribution >= 4 is 45.3 Å². The minimum atomic E-state index is -0.509. The van der Waals surface area contributed by atoms with Gasteiger partial charge in [-0.3, -0.25) is 14.2 Å². The highest BCUT2D eigenvalue weighted by atomic mass is 32.2. The van der Waals surface area contributed by atoms with Crippen LogP contribution in [0.2, 0.25) is 0 Å². The molecule has 0 aliphatic carbocycles. The number of H-pyrrole nitrogens is 1. The second-order valence-electron chi connectivity index (χ2n) is 7.08. The van der Waals surface area contributed by atoms with E-state index in [-0.39, 0.29) is 17.0 Å². The van der Waals surface area contributed by atoms with Crippen molar-refractivity contribution in [3.8, 4) is 5.69 Å². The standard InChI is InChI=1S/C24H17FN4O2S/c25-17-11-5-7-13-19(17)26-20(30)14-32-24-28-21-16-10-4-6-12-18(16)27-22(21)23(31)29(24)15-8-2-1-3-9-15/h1-13,27H,14H2,(H,26,30). The smallest absolute Gasteiger partial charge is 0.283 e. The Bertz CT molecular complexity index is 1510. The Morgan fingerprint density at radius 1 is 1.00 bits per heavy atom. The van der Waals surface area contributed by atoms with E-state index in [4.69, 9.17) is 4.98 Å². The lowest BCUT2D eigenvalue weighted by atomic mass is 10.2. The minimum Gasteiger partial charge on any atom is -0.349 e. The number of para-hydroxylation sites is 3. The molecule has 32 heavy (non-hydrogen) atoms. The van der Waals surface area contributed by atoms with Crippen molar-refractivity contribution in [2.24, 2.45) is 0 Å². The summed E-state index contributed by atoms with van der Waals surface area (Å²) in [5, 5.41) is 3.77. The van der Waals surface area contributed by atoms with E-state index in [2.05, 4.69) is 10.3 Å². The van der Waals surface area contributed by atoms with Crippen LogP contribution < -0.4 is 10.9 Å². The van der Waals surface area contributed by atoms with E-state index in [9.17, 15) is 14.0 Å². The lowest BCUT2D eigenvalue weighted by Gasteiger charge is -2.12. The molecule has 0 atom stereocenters. The molecule has 2 N–H and O–H groups in total. The molecule has 3 aromatic carbocycles. The van der Waals surface area contributed by atoms with Gasteiger partial charge in [-0.25, -0.2) is 9.37 Å². The number of thioether (sulfide) groups is 1. The quantitative estimate of drug-likeness (QED) is 0.303. The van der Waals surface area contributed by atoms with Crippen LogP contribution in [0.15, 0.2) is 88.8 Å². The molecule has 5 aromatic rings. The van der Waals surface area contributed by atoms with Gasteiger partial charge in [-0.2, -0.15) is 0 Å². The van der Waals surface area contributed by atoms with Crippen LogP contribution in [0.5, 0.6) is 0 Å². The summed E-state index contributed by atoms with van der Waals surface area (Å²) in [6, 6.07) is 22.7. The second kappa shape index (κ2) is 8.32. The molecule has 2 aromatic heterocycles. The fraction of sp³-hybridized carbons (Fsp3) is 0.0417. The zero-order chi connectivity index (χ0) is 22.1. The topological polar surface area (TPSA) is 79.8 Å². The summed E-state index contributed by atoms with van der Waals surface area (Å²) < 4.78 is 15.3. The van der Waals surface area contributed by atoms with Crippen molar-refractivity contribution in [3.05, 3.63) is 95.0 Å². The highest BCUT2D eigenvalue weighted by Crippen LogP contribution is 2.26. The Labute approximate surface area is 186 Å². The van der Waals surface area contributed by atoms with Crippen molar-refractivity contribution in [1.29, 1.82) is 0 Å². The van der Waals surface area contributed by atoms with Gasteiger partial charge in [0, 0.05) is 10.9 Å². The first-order chi connectivity index (χ1) is 15.6. The molecule has 0 unspecified atom stereocenters. The number of benzene rings is 3. The number of rotatable bonds is 5. The van der Waals surface area contributed by atoms with Gasteiger partial charge in [-0.05, 0) is 30.3 Å². The molecule has 6 nitrogen and oxygen atoms in total. The zero-order valence-electron chi connectivity index (χ0n) is 16.7. The summed E-state index contributed by atoms with van der Waals surface area (Å²) >= 11 is 1.12. The van der Waals surface area contributed by atoms with Crippen molar-refractivity contribution in [2.45, 2.75) is 5.16 Å². The monoisotopic (exact) mass is 444 g/mol. The summed E-state index contributed by atoms with van der Waals surface area (Å²) in [6.45, 7) is 0. The fourth-order valence-corrected chi connectivity index (χ4v) is 4.33. The zero-order valence-corrected chi connectivity index (χ0v) is 17.5. The van der Waals surface area contributed by atoms with E-state index in [0.717, 1.165) is 22.7 Å². The molecule has 1 amide bonds. The van der Waals surface area contributed by atoms with Crippen LogP contribution in [0.3, 0.4) is 0 Å². The van der Waals surface area contributed by atoms with Crippen LogP contribution in [0.4, 0.5) is 10.1 Å². The minimum absolute atomic E-state index is 0.0402. The van der Waals surface area contributed by atoms with Crippen molar-refractivity contribution in [1.82, 2.24) is 14.5 Å². The Morgan fingerprint density at radius 2 is 1.72 bits per heavy atom. The third-order valence-corrected chi connectivity index (χ3v) is 5.93. The molecule has 158 valence electrons. The van der Waals surface area contributed by atoms with Gasteiger partial charge in [0.15, 0.2) is 5.16 Å². The predicted octanol–water partition coefficient (Wildman–Crippen LogP) is 4.74. The van der Waals surface area contributed by atoms with Crippen LogP contribution in [-0.2, 0) is 4.79 Å². The summed E-state index contributed by atoms with van der Waals surface area (Å²) in [5.74, 6) is -0.944. The number of carbonyl (C=O) groups excluding carboxylic acids is 1. The molecule has 2 heterocycles. The molecule has 5 rings (SSSR count). The maximum Gasteiger partial charge on any atom is 0.283 e. The van der Waals surface area contributed by atoms with Gasteiger partial charge in [-0.1, -0.05) is 60.3 Å². The number of amides is 1. The predicted molar refractivity (Wildman–Crippen MR) is 125 cm³/mol. The molecular weight excluding hydrogens is 427 g/mol. The Balaban J connectivity index is 1.56. The molecule has 0 aliphatic heterocycles. The van der Waals surface area contributed by atoms with E-state index in [1.54, 1.807) is 24.3 Å². The van der Waals surface area contributed by atoms with Gasteiger partial charge >= 0.3 is 0 Å². The number of fused-ring (bicyclic) bond motifs is 3. The largest absolute Gasteiger partial charge is 0.349 e. The van der Waals surface area contributed by atoms with E-state index in [1.165, 1.54) is 16.7 Å². The lowest BCUT2D eigenvalue weighted by molar-refractivity contribution is -0.113. The molecule has 0 bridgehead atoms. The highest BCUT2D eigenvalue weighted by molar-refractivity contribution is 7.99. The molecule has 0 radical (unpaired) electrons.